The molecule has 4 heteroatoms. The zero-order valence-corrected chi connectivity index (χ0v) is 10.4. The Morgan fingerprint density at radius 1 is 1.27 bits per heavy atom. The molecule has 1 saturated heterocycles. The first-order valence-corrected chi connectivity index (χ1v) is 6.06. The first-order chi connectivity index (χ1) is 7.18. The van der Waals surface area contributed by atoms with E-state index in [0.29, 0.717) is 29.1 Å². The molecule has 0 N–H and O–H groups in total. The van der Waals surface area contributed by atoms with Crippen LogP contribution in [0, 0.1) is 0 Å². The van der Waals surface area contributed by atoms with Crippen LogP contribution in [0.4, 0.5) is 0 Å². The zero-order valence-electron chi connectivity index (χ0n) is 8.10. The average Bonchev–Trinajstić information content (AvgIpc) is 2.12. The number of benzene rings is 1. The Hall–Kier alpha value is 0.0500. The number of halogens is 3. The van der Waals surface area contributed by atoms with Crippen molar-refractivity contribution in [3.8, 4) is 0 Å². The fourth-order valence-corrected chi connectivity index (χ4v) is 2.85. The van der Waals surface area contributed by atoms with E-state index in [2.05, 4.69) is 0 Å². The zero-order chi connectivity index (χ0) is 10.9. The van der Waals surface area contributed by atoms with Gasteiger partial charge in [-0.05, 0) is 24.1 Å². The highest BCUT2D eigenvalue weighted by molar-refractivity contribution is 6.35. The van der Waals surface area contributed by atoms with Crippen LogP contribution in [0.3, 0.4) is 0 Å². The van der Waals surface area contributed by atoms with Crippen LogP contribution in [-0.2, 0) is 10.2 Å². The largest absolute Gasteiger partial charge is 0.379 e. The third-order valence-electron chi connectivity index (χ3n) is 2.83. The topological polar surface area (TPSA) is 9.23 Å². The summed E-state index contributed by atoms with van der Waals surface area (Å²) >= 11 is 17.9. The van der Waals surface area contributed by atoms with Crippen LogP contribution in [0.1, 0.15) is 12.0 Å². The Morgan fingerprint density at radius 3 is 2.47 bits per heavy atom. The summed E-state index contributed by atoms with van der Waals surface area (Å²) in [5.74, 6) is 0.613. The number of ether oxygens (including phenoxy) is 1. The van der Waals surface area contributed by atoms with Gasteiger partial charge < -0.3 is 4.74 Å². The molecule has 1 heterocycles. The number of alkyl halides is 1. The van der Waals surface area contributed by atoms with Crippen molar-refractivity contribution in [2.75, 3.05) is 19.1 Å². The van der Waals surface area contributed by atoms with Gasteiger partial charge in [0.05, 0.1) is 13.2 Å². The highest BCUT2D eigenvalue weighted by atomic mass is 35.5. The van der Waals surface area contributed by atoms with Gasteiger partial charge in [-0.3, -0.25) is 0 Å². The molecule has 82 valence electrons. The van der Waals surface area contributed by atoms with Crippen molar-refractivity contribution < 1.29 is 4.74 Å². The van der Waals surface area contributed by atoms with Gasteiger partial charge in [0.2, 0.25) is 0 Å². The molecule has 1 aliphatic heterocycles. The van der Waals surface area contributed by atoms with E-state index in [1.807, 2.05) is 12.1 Å². The molecular formula is C11H11Cl3O. The van der Waals surface area contributed by atoms with Crippen LogP contribution in [-0.4, -0.2) is 19.1 Å². The third-order valence-corrected chi connectivity index (χ3v) is 3.57. The highest BCUT2D eigenvalue weighted by Gasteiger charge is 2.40. The molecule has 1 aromatic rings. The maximum Gasteiger partial charge on any atom is 0.0586 e. The second-order valence-corrected chi connectivity index (χ2v) is 5.06. The standard InChI is InChI=1S/C11H11Cl3O/c12-4-3-11(6-15-7-11)9-2-1-8(13)5-10(9)14/h1-2,5H,3-4,6-7H2. The van der Waals surface area contributed by atoms with Gasteiger partial charge in [0.25, 0.3) is 0 Å². The normalized spacial score (nSPS) is 18.6. The summed E-state index contributed by atoms with van der Waals surface area (Å²) in [6, 6.07) is 5.60. The predicted molar refractivity (Wildman–Crippen MR) is 64.3 cm³/mol. The molecule has 2 rings (SSSR count). The lowest BCUT2D eigenvalue weighted by Gasteiger charge is -2.42. The molecule has 1 fully saturated rings. The van der Waals surface area contributed by atoms with Crippen molar-refractivity contribution in [1.29, 1.82) is 0 Å². The van der Waals surface area contributed by atoms with E-state index in [1.54, 1.807) is 6.07 Å². The van der Waals surface area contributed by atoms with E-state index in [4.69, 9.17) is 39.5 Å². The van der Waals surface area contributed by atoms with Gasteiger partial charge in [0.15, 0.2) is 0 Å². The van der Waals surface area contributed by atoms with Crippen molar-refractivity contribution in [3.05, 3.63) is 33.8 Å². The van der Waals surface area contributed by atoms with E-state index >= 15 is 0 Å². The van der Waals surface area contributed by atoms with Gasteiger partial charge in [0.1, 0.15) is 0 Å². The summed E-state index contributed by atoms with van der Waals surface area (Å²) in [5, 5.41) is 1.36. The third kappa shape index (κ3) is 2.12. The first kappa shape index (κ1) is 11.5. The Bertz CT molecular complexity index is 361. The first-order valence-electron chi connectivity index (χ1n) is 4.77. The molecule has 1 aliphatic rings. The van der Waals surface area contributed by atoms with Crippen molar-refractivity contribution in [3.63, 3.8) is 0 Å². The number of hydrogen-bond acceptors (Lipinski definition) is 1. The monoisotopic (exact) mass is 264 g/mol. The molecule has 1 nitrogen and oxygen atoms in total. The Balaban J connectivity index is 2.34. The van der Waals surface area contributed by atoms with E-state index < -0.39 is 0 Å². The summed E-state index contributed by atoms with van der Waals surface area (Å²) < 4.78 is 5.28. The molecule has 0 aliphatic carbocycles. The lowest BCUT2D eigenvalue weighted by atomic mass is 9.76. The lowest BCUT2D eigenvalue weighted by Crippen LogP contribution is -2.47. The second-order valence-electron chi connectivity index (χ2n) is 3.84. The van der Waals surface area contributed by atoms with E-state index in [0.717, 1.165) is 12.0 Å². The van der Waals surface area contributed by atoms with Gasteiger partial charge in [-0.25, -0.2) is 0 Å². The minimum Gasteiger partial charge on any atom is -0.379 e. The van der Waals surface area contributed by atoms with Crippen LogP contribution >= 0.6 is 34.8 Å². The van der Waals surface area contributed by atoms with E-state index in [-0.39, 0.29) is 5.41 Å². The molecule has 0 amide bonds. The van der Waals surface area contributed by atoms with Gasteiger partial charge in [-0.15, -0.1) is 11.6 Å². The molecule has 0 spiro atoms. The maximum absolute atomic E-state index is 6.18. The summed E-state index contributed by atoms with van der Waals surface area (Å²) in [5.41, 5.74) is 1.10. The minimum absolute atomic E-state index is 0.00340. The minimum atomic E-state index is 0.00340. The fraction of sp³-hybridized carbons (Fsp3) is 0.455. The number of hydrogen-bond donors (Lipinski definition) is 0. The van der Waals surface area contributed by atoms with Gasteiger partial charge in [-0.1, -0.05) is 29.3 Å². The number of rotatable bonds is 3. The summed E-state index contributed by atoms with van der Waals surface area (Å²) in [4.78, 5) is 0. The van der Waals surface area contributed by atoms with Crippen molar-refractivity contribution in [2.24, 2.45) is 0 Å². The van der Waals surface area contributed by atoms with Gasteiger partial charge in [0, 0.05) is 21.3 Å². The van der Waals surface area contributed by atoms with E-state index in [9.17, 15) is 0 Å². The second kappa shape index (κ2) is 4.50. The van der Waals surface area contributed by atoms with Crippen molar-refractivity contribution in [2.45, 2.75) is 11.8 Å². The fourth-order valence-electron chi connectivity index (χ4n) is 1.88. The smallest absolute Gasteiger partial charge is 0.0586 e. The Kier molecular flexibility index (Phi) is 3.46. The van der Waals surface area contributed by atoms with Crippen LogP contribution in [0.5, 0.6) is 0 Å². The molecule has 0 saturated carbocycles. The van der Waals surface area contributed by atoms with Crippen molar-refractivity contribution in [1.82, 2.24) is 0 Å². The summed E-state index contributed by atoms with van der Waals surface area (Å²) in [6.07, 6.45) is 0.885. The summed E-state index contributed by atoms with van der Waals surface area (Å²) in [7, 11) is 0. The molecular weight excluding hydrogens is 254 g/mol. The van der Waals surface area contributed by atoms with E-state index in [1.165, 1.54) is 0 Å². The van der Waals surface area contributed by atoms with Gasteiger partial charge in [-0.2, -0.15) is 0 Å². The van der Waals surface area contributed by atoms with Gasteiger partial charge >= 0.3 is 0 Å². The molecule has 0 radical (unpaired) electrons. The highest BCUT2D eigenvalue weighted by Crippen LogP contribution is 2.40. The maximum atomic E-state index is 6.18. The molecule has 0 bridgehead atoms. The predicted octanol–water partition coefficient (Wildman–Crippen LogP) is 3.89. The Morgan fingerprint density at radius 2 is 2.00 bits per heavy atom. The average molecular weight is 266 g/mol. The molecule has 0 aromatic heterocycles. The molecule has 15 heavy (non-hydrogen) atoms. The van der Waals surface area contributed by atoms with Crippen molar-refractivity contribution >= 4 is 34.8 Å². The van der Waals surface area contributed by atoms with Crippen LogP contribution in [0.25, 0.3) is 0 Å². The van der Waals surface area contributed by atoms with Crippen LogP contribution in [0.2, 0.25) is 10.0 Å². The molecule has 1 aromatic carbocycles. The molecule has 0 atom stereocenters. The lowest BCUT2D eigenvalue weighted by molar-refractivity contribution is -0.0615. The van der Waals surface area contributed by atoms with Crippen LogP contribution in [0.15, 0.2) is 18.2 Å². The van der Waals surface area contributed by atoms with Crippen LogP contribution < -0.4 is 0 Å². The summed E-state index contributed by atoms with van der Waals surface area (Å²) in [6.45, 7) is 1.39. The molecule has 0 unspecified atom stereocenters. The SMILES string of the molecule is ClCCC1(c2ccc(Cl)cc2Cl)COC1. The quantitative estimate of drug-likeness (QED) is 0.754. The Labute approximate surface area is 104 Å².